The lowest BCUT2D eigenvalue weighted by Gasteiger charge is -2.26. The smallest absolute Gasteiger partial charge is 0.228 e. The van der Waals surface area contributed by atoms with Gasteiger partial charge in [-0.2, -0.15) is 4.31 Å². The SMILES string of the molecule is CC(C)(C)c1ccc(S(=O)(=O)N2CC3CC2CS3(=O)=O)cc1. The minimum Gasteiger partial charge on any atom is -0.228 e. The van der Waals surface area contributed by atoms with E-state index >= 15 is 0 Å². The van der Waals surface area contributed by atoms with Crippen LogP contribution in [0.1, 0.15) is 32.8 Å². The first-order chi connectivity index (χ1) is 10.0. The van der Waals surface area contributed by atoms with Gasteiger partial charge in [-0.3, -0.25) is 0 Å². The van der Waals surface area contributed by atoms with Crippen molar-refractivity contribution < 1.29 is 16.8 Å². The Morgan fingerprint density at radius 3 is 2.14 bits per heavy atom. The van der Waals surface area contributed by atoms with Crippen LogP contribution in [0.25, 0.3) is 0 Å². The normalized spacial score (nSPS) is 28.1. The molecule has 1 aromatic rings. The molecule has 0 amide bonds. The molecule has 2 aliphatic rings. The van der Waals surface area contributed by atoms with E-state index in [2.05, 4.69) is 20.8 Å². The van der Waals surface area contributed by atoms with Crippen LogP contribution in [0.3, 0.4) is 0 Å². The zero-order chi connectivity index (χ0) is 16.3. The largest absolute Gasteiger partial charge is 0.243 e. The Hall–Kier alpha value is -0.920. The molecular weight excluding hydrogens is 322 g/mol. The second-order valence-corrected chi connectivity index (χ2v) is 11.4. The average Bonchev–Trinajstić information content (AvgIpc) is 2.94. The third-order valence-electron chi connectivity index (χ3n) is 4.59. The molecule has 7 heteroatoms. The third-order valence-corrected chi connectivity index (χ3v) is 8.72. The van der Waals surface area contributed by atoms with Gasteiger partial charge in [-0.05, 0) is 29.5 Å². The monoisotopic (exact) mass is 343 g/mol. The fraction of sp³-hybridized carbons (Fsp3) is 0.600. The van der Waals surface area contributed by atoms with E-state index in [1.807, 2.05) is 12.1 Å². The van der Waals surface area contributed by atoms with E-state index in [4.69, 9.17) is 0 Å². The molecule has 22 heavy (non-hydrogen) atoms. The number of sulfonamides is 1. The summed E-state index contributed by atoms with van der Waals surface area (Å²) >= 11 is 0. The van der Waals surface area contributed by atoms with Gasteiger partial charge in [0, 0.05) is 12.6 Å². The third kappa shape index (κ3) is 2.49. The molecule has 1 aromatic carbocycles. The summed E-state index contributed by atoms with van der Waals surface area (Å²) in [5.74, 6) is -0.0447. The Morgan fingerprint density at radius 2 is 1.73 bits per heavy atom. The first-order valence-electron chi connectivity index (χ1n) is 7.36. The molecule has 5 nitrogen and oxygen atoms in total. The second kappa shape index (κ2) is 4.79. The first-order valence-corrected chi connectivity index (χ1v) is 10.5. The Labute approximate surface area is 132 Å². The summed E-state index contributed by atoms with van der Waals surface area (Å²) in [6.45, 7) is 6.30. The number of hydrogen-bond acceptors (Lipinski definition) is 4. The van der Waals surface area contributed by atoms with Gasteiger partial charge < -0.3 is 0 Å². The number of rotatable bonds is 2. The summed E-state index contributed by atoms with van der Waals surface area (Å²) < 4.78 is 50.4. The van der Waals surface area contributed by atoms with Crippen molar-refractivity contribution in [2.75, 3.05) is 12.3 Å². The lowest BCUT2D eigenvalue weighted by Crippen LogP contribution is -2.43. The Morgan fingerprint density at radius 1 is 1.14 bits per heavy atom. The maximum Gasteiger partial charge on any atom is 0.243 e. The molecule has 2 fully saturated rings. The van der Waals surface area contributed by atoms with Crippen molar-refractivity contribution in [2.45, 2.75) is 48.8 Å². The summed E-state index contributed by atoms with van der Waals surface area (Å²) in [5.41, 5.74) is 1.03. The van der Waals surface area contributed by atoms with Gasteiger partial charge in [0.05, 0.1) is 15.9 Å². The summed E-state index contributed by atoms with van der Waals surface area (Å²) in [5, 5.41) is -0.527. The Bertz CT molecular complexity index is 789. The van der Waals surface area contributed by atoms with Gasteiger partial charge >= 0.3 is 0 Å². The van der Waals surface area contributed by atoms with E-state index < -0.39 is 31.2 Å². The van der Waals surface area contributed by atoms with Crippen molar-refractivity contribution in [3.05, 3.63) is 29.8 Å². The summed E-state index contributed by atoms with van der Waals surface area (Å²) in [7, 11) is -6.71. The number of sulfone groups is 1. The molecule has 0 saturated carbocycles. The van der Waals surface area contributed by atoms with E-state index in [-0.39, 0.29) is 22.6 Å². The number of fused-ring (bicyclic) bond motifs is 2. The molecule has 2 atom stereocenters. The first kappa shape index (κ1) is 16.0. The highest BCUT2D eigenvalue weighted by atomic mass is 32.2. The molecule has 0 N–H and O–H groups in total. The molecule has 0 spiro atoms. The van der Waals surface area contributed by atoms with Crippen LogP contribution in [-0.2, 0) is 25.3 Å². The molecule has 2 aliphatic heterocycles. The zero-order valence-electron chi connectivity index (χ0n) is 13.0. The highest BCUT2D eigenvalue weighted by molar-refractivity contribution is 7.93. The topological polar surface area (TPSA) is 71.5 Å². The lowest BCUT2D eigenvalue weighted by molar-refractivity contribution is 0.402. The Balaban J connectivity index is 1.89. The van der Waals surface area contributed by atoms with Gasteiger partial charge in [0.1, 0.15) is 0 Å². The predicted molar refractivity (Wildman–Crippen MR) is 85.0 cm³/mol. The van der Waals surface area contributed by atoms with Crippen molar-refractivity contribution in [1.82, 2.24) is 4.31 Å². The fourth-order valence-electron chi connectivity index (χ4n) is 3.22. The van der Waals surface area contributed by atoms with Crippen LogP contribution in [0.5, 0.6) is 0 Å². The van der Waals surface area contributed by atoms with Crippen LogP contribution in [-0.4, -0.2) is 44.7 Å². The van der Waals surface area contributed by atoms with Crippen LogP contribution in [0, 0.1) is 0 Å². The average molecular weight is 343 g/mol. The van der Waals surface area contributed by atoms with Crippen LogP contribution in [0.15, 0.2) is 29.2 Å². The second-order valence-electron chi connectivity index (χ2n) is 7.19. The van der Waals surface area contributed by atoms with Crippen LogP contribution in [0.2, 0.25) is 0 Å². The van der Waals surface area contributed by atoms with Crippen molar-refractivity contribution in [2.24, 2.45) is 0 Å². The van der Waals surface area contributed by atoms with Crippen molar-refractivity contribution in [3.8, 4) is 0 Å². The number of nitrogens with zero attached hydrogens (tertiary/aromatic N) is 1. The van der Waals surface area contributed by atoms with Gasteiger partial charge in [0.2, 0.25) is 10.0 Å². The van der Waals surface area contributed by atoms with E-state index in [0.717, 1.165) is 5.56 Å². The lowest BCUT2D eigenvalue weighted by atomic mass is 9.87. The molecule has 2 heterocycles. The molecule has 3 rings (SSSR count). The minimum atomic E-state index is -3.61. The minimum absolute atomic E-state index is 0.0386. The molecule has 122 valence electrons. The highest BCUT2D eigenvalue weighted by Gasteiger charge is 2.52. The van der Waals surface area contributed by atoms with Gasteiger partial charge in [0.15, 0.2) is 9.84 Å². The van der Waals surface area contributed by atoms with Crippen LogP contribution in [0.4, 0.5) is 0 Å². The maximum absolute atomic E-state index is 12.7. The standard InChI is InChI=1S/C15H21NO4S2/c1-15(2,3)11-4-6-13(7-5-11)22(19,20)16-9-14-8-12(16)10-21(14,17)18/h4-7,12,14H,8-10H2,1-3H3. The van der Waals surface area contributed by atoms with Crippen LogP contribution >= 0.6 is 0 Å². The quantitative estimate of drug-likeness (QED) is 0.817. The summed E-state index contributed by atoms with van der Waals surface area (Å²) in [6, 6.07) is 6.50. The maximum atomic E-state index is 12.7. The molecule has 0 radical (unpaired) electrons. The van der Waals surface area contributed by atoms with E-state index in [9.17, 15) is 16.8 Å². The fourth-order valence-corrected chi connectivity index (χ4v) is 7.11. The summed E-state index contributed by atoms with van der Waals surface area (Å²) in [4.78, 5) is 0.241. The molecule has 2 saturated heterocycles. The summed E-state index contributed by atoms with van der Waals surface area (Å²) in [6.07, 6.45) is 0.432. The van der Waals surface area contributed by atoms with E-state index in [0.29, 0.717) is 6.42 Å². The van der Waals surface area contributed by atoms with Crippen LogP contribution < -0.4 is 0 Å². The van der Waals surface area contributed by atoms with Crippen molar-refractivity contribution in [1.29, 1.82) is 0 Å². The van der Waals surface area contributed by atoms with Gasteiger partial charge in [-0.1, -0.05) is 32.9 Å². The number of hydrogen-bond donors (Lipinski definition) is 0. The highest BCUT2D eigenvalue weighted by Crippen LogP contribution is 2.37. The predicted octanol–water partition coefficient (Wildman–Crippen LogP) is 1.54. The van der Waals surface area contributed by atoms with Gasteiger partial charge in [-0.25, -0.2) is 16.8 Å². The molecular formula is C15H21NO4S2. The van der Waals surface area contributed by atoms with Gasteiger partial charge in [-0.15, -0.1) is 0 Å². The van der Waals surface area contributed by atoms with Gasteiger partial charge in [0.25, 0.3) is 0 Å². The molecule has 2 unspecified atom stereocenters. The Kier molecular flexibility index (Phi) is 3.47. The number of benzene rings is 1. The molecule has 2 bridgehead atoms. The molecule has 0 aromatic heterocycles. The van der Waals surface area contributed by atoms with Crippen molar-refractivity contribution >= 4 is 19.9 Å². The van der Waals surface area contributed by atoms with Crippen molar-refractivity contribution in [3.63, 3.8) is 0 Å². The van der Waals surface area contributed by atoms with E-state index in [1.165, 1.54) is 4.31 Å². The van der Waals surface area contributed by atoms with E-state index in [1.54, 1.807) is 12.1 Å². The molecule has 0 aliphatic carbocycles. The zero-order valence-corrected chi connectivity index (χ0v) is 14.6.